The quantitative estimate of drug-likeness (QED) is 0.564. The molecule has 10 heavy (non-hydrogen) atoms. The van der Waals surface area contributed by atoms with E-state index in [1.807, 2.05) is 0 Å². The zero-order valence-electron chi connectivity index (χ0n) is 5.99. The van der Waals surface area contributed by atoms with Gasteiger partial charge in [-0.15, -0.1) is 0 Å². The molecule has 0 aromatic rings. The fourth-order valence-corrected chi connectivity index (χ4v) is 1.13. The van der Waals surface area contributed by atoms with Crippen LogP contribution in [0.25, 0.3) is 0 Å². The summed E-state index contributed by atoms with van der Waals surface area (Å²) in [6.45, 7) is 1.74. The Morgan fingerprint density at radius 2 is 2.50 bits per heavy atom. The molecule has 0 bridgehead atoms. The van der Waals surface area contributed by atoms with Gasteiger partial charge in [0.05, 0.1) is 0 Å². The lowest BCUT2D eigenvalue weighted by Gasteiger charge is -2.15. The van der Waals surface area contributed by atoms with Crippen LogP contribution in [0.5, 0.6) is 0 Å². The molecule has 0 radical (unpaired) electrons. The summed E-state index contributed by atoms with van der Waals surface area (Å²) in [6, 6.07) is 0. The topological polar surface area (TPSA) is 38.0 Å². The zero-order valence-corrected chi connectivity index (χ0v) is 5.99. The average molecular weight is 144 g/mol. The van der Waals surface area contributed by atoms with E-state index < -0.39 is 0 Å². The first-order valence-corrected chi connectivity index (χ1v) is 3.61. The monoisotopic (exact) mass is 144 g/mol. The van der Waals surface area contributed by atoms with E-state index in [1.54, 1.807) is 0 Å². The van der Waals surface area contributed by atoms with Crippen LogP contribution in [0.4, 0.5) is 4.39 Å². The maximum atomic E-state index is 12.7. The van der Waals surface area contributed by atoms with Gasteiger partial charge in [-0.3, -0.25) is 0 Å². The van der Waals surface area contributed by atoms with Gasteiger partial charge in [0.1, 0.15) is 5.83 Å². The van der Waals surface area contributed by atoms with Crippen LogP contribution in [0.15, 0.2) is 11.4 Å². The van der Waals surface area contributed by atoms with Gasteiger partial charge in [-0.25, -0.2) is 4.39 Å². The molecule has 0 aliphatic carbocycles. The Labute approximate surface area is 60.3 Å². The zero-order chi connectivity index (χ0) is 7.40. The van der Waals surface area contributed by atoms with Crippen molar-refractivity contribution in [2.75, 3.05) is 19.6 Å². The lowest BCUT2D eigenvalue weighted by Crippen LogP contribution is -2.25. The fraction of sp³-hybridized carbons (Fsp3) is 0.714. The van der Waals surface area contributed by atoms with Crippen molar-refractivity contribution in [3.63, 3.8) is 0 Å². The van der Waals surface area contributed by atoms with Gasteiger partial charge in [-0.2, -0.15) is 0 Å². The number of nitrogens with one attached hydrogen (secondary N) is 1. The predicted molar refractivity (Wildman–Crippen MR) is 39.3 cm³/mol. The molecule has 58 valence electrons. The highest BCUT2D eigenvalue weighted by atomic mass is 19.1. The molecule has 1 aliphatic rings. The number of hydrogen-bond donors (Lipinski definition) is 2. The summed E-state index contributed by atoms with van der Waals surface area (Å²) in [6.07, 6.45) is 1.90. The maximum absolute atomic E-state index is 12.7. The number of nitrogens with two attached hydrogens (primary N) is 1. The minimum Gasteiger partial charge on any atom is -0.325 e. The summed E-state index contributed by atoms with van der Waals surface area (Å²) >= 11 is 0. The maximum Gasteiger partial charge on any atom is 0.114 e. The Bertz CT molecular complexity index is 135. The van der Waals surface area contributed by atoms with E-state index in [0.29, 0.717) is 6.54 Å². The third-order valence-corrected chi connectivity index (χ3v) is 1.73. The molecule has 0 atom stereocenters. The van der Waals surface area contributed by atoms with Crippen molar-refractivity contribution in [2.45, 2.75) is 12.8 Å². The largest absolute Gasteiger partial charge is 0.325 e. The lowest BCUT2D eigenvalue weighted by molar-refractivity contribution is 0.543. The molecule has 2 nitrogen and oxygen atoms in total. The van der Waals surface area contributed by atoms with Crippen molar-refractivity contribution < 1.29 is 4.39 Å². The van der Waals surface area contributed by atoms with Gasteiger partial charge in [0, 0.05) is 13.1 Å². The summed E-state index contributed by atoms with van der Waals surface area (Å²) in [5, 5.41) is 3.10. The molecule has 0 unspecified atom stereocenters. The first-order chi connectivity index (χ1) is 4.84. The molecule has 1 heterocycles. The Kier molecular flexibility index (Phi) is 2.83. The van der Waals surface area contributed by atoms with Crippen LogP contribution in [-0.4, -0.2) is 19.6 Å². The number of rotatable bonds is 1. The van der Waals surface area contributed by atoms with Crippen LogP contribution < -0.4 is 11.1 Å². The highest BCUT2D eigenvalue weighted by molar-refractivity contribution is 5.12. The summed E-state index contributed by atoms with van der Waals surface area (Å²) in [7, 11) is 0. The second-order valence-electron chi connectivity index (χ2n) is 2.49. The molecule has 3 heteroatoms. The molecule has 3 N–H and O–H groups in total. The number of piperidine rings is 1. The van der Waals surface area contributed by atoms with E-state index in [1.165, 1.54) is 0 Å². The average Bonchev–Trinajstić information content (AvgIpc) is 2.05. The second-order valence-corrected chi connectivity index (χ2v) is 2.49. The van der Waals surface area contributed by atoms with Crippen molar-refractivity contribution in [2.24, 2.45) is 5.73 Å². The Balaban J connectivity index is 2.51. The van der Waals surface area contributed by atoms with E-state index in [9.17, 15) is 4.39 Å². The van der Waals surface area contributed by atoms with E-state index in [-0.39, 0.29) is 12.4 Å². The van der Waals surface area contributed by atoms with Gasteiger partial charge in [0.15, 0.2) is 0 Å². The van der Waals surface area contributed by atoms with E-state index in [4.69, 9.17) is 5.73 Å². The second kappa shape index (κ2) is 3.68. The minimum atomic E-state index is -0.132. The highest BCUT2D eigenvalue weighted by Crippen LogP contribution is 2.13. The van der Waals surface area contributed by atoms with Gasteiger partial charge in [-0.05, 0) is 25.0 Å². The molecule has 0 aromatic carbocycles. The Hall–Kier alpha value is -0.410. The van der Waals surface area contributed by atoms with E-state index in [2.05, 4.69) is 5.32 Å². The molecule has 0 saturated carbocycles. The molecule has 0 amide bonds. The number of hydrogen-bond acceptors (Lipinski definition) is 2. The molecular formula is C7H13FN2. The van der Waals surface area contributed by atoms with Crippen LogP contribution >= 0.6 is 0 Å². The predicted octanol–water partition coefficient (Wildman–Crippen LogP) is 0.552. The summed E-state index contributed by atoms with van der Waals surface area (Å²) in [4.78, 5) is 0. The Morgan fingerprint density at radius 3 is 3.00 bits per heavy atom. The molecule has 1 aliphatic heterocycles. The van der Waals surface area contributed by atoms with Gasteiger partial charge in [0.25, 0.3) is 0 Å². The summed E-state index contributed by atoms with van der Waals surface area (Å²) in [5.74, 6) is -0.132. The molecule has 0 aromatic heterocycles. The van der Waals surface area contributed by atoms with Crippen LogP contribution in [0.1, 0.15) is 12.8 Å². The van der Waals surface area contributed by atoms with E-state index in [0.717, 1.165) is 25.0 Å². The minimum absolute atomic E-state index is 0.0526. The summed E-state index contributed by atoms with van der Waals surface area (Å²) < 4.78 is 12.7. The smallest absolute Gasteiger partial charge is 0.114 e. The van der Waals surface area contributed by atoms with Crippen LogP contribution in [0.2, 0.25) is 0 Å². The van der Waals surface area contributed by atoms with Crippen molar-refractivity contribution in [3.05, 3.63) is 11.4 Å². The third kappa shape index (κ3) is 1.78. The van der Waals surface area contributed by atoms with Gasteiger partial charge < -0.3 is 11.1 Å². The number of halogens is 1. The van der Waals surface area contributed by atoms with Crippen molar-refractivity contribution >= 4 is 0 Å². The third-order valence-electron chi connectivity index (χ3n) is 1.73. The fourth-order valence-electron chi connectivity index (χ4n) is 1.13. The molecule has 0 spiro atoms. The summed E-state index contributed by atoms with van der Waals surface area (Å²) in [5.41, 5.74) is 6.00. The van der Waals surface area contributed by atoms with Crippen molar-refractivity contribution in [3.8, 4) is 0 Å². The van der Waals surface area contributed by atoms with Crippen LogP contribution in [0.3, 0.4) is 0 Å². The molecule has 1 rings (SSSR count). The van der Waals surface area contributed by atoms with Crippen molar-refractivity contribution in [1.29, 1.82) is 0 Å². The van der Waals surface area contributed by atoms with Gasteiger partial charge in [-0.1, -0.05) is 0 Å². The van der Waals surface area contributed by atoms with Gasteiger partial charge in [0.2, 0.25) is 0 Å². The molecular weight excluding hydrogens is 131 g/mol. The van der Waals surface area contributed by atoms with Crippen LogP contribution in [-0.2, 0) is 0 Å². The first kappa shape index (κ1) is 7.69. The van der Waals surface area contributed by atoms with E-state index >= 15 is 0 Å². The van der Waals surface area contributed by atoms with Crippen LogP contribution in [0, 0.1) is 0 Å². The first-order valence-electron chi connectivity index (χ1n) is 3.61. The molecule has 1 saturated heterocycles. The van der Waals surface area contributed by atoms with Crippen molar-refractivity contribution in [1.82, 2.24) is 5.32 Å². The highest BCUT2D eigenvalue weighted by Gasteiger charge is 2.08. The molecule has 1 fully saturated rings. The standard InChI is InChI=1S/C7H13FN2/c8-7(4-9)6-2-1-3-10-5-6/h10H,1-5,9H2. The lowest BCUT2D eigenvalue weighted by atomic mass is 10.1. The van der Waals surface area contributed by atoms with Gasteiger partial charge >= 0.3 is 0 Å². The normalized spacial score (nSPS) is 24.6. The Morgan fingerprint density at radius 1 is 1.70 bits per heavy atom. The SMILES string of the molecule is NCC(F)=C1CCCNC1.